The molecular formula is C24H31N3O3S. The summed E-state index contributed by atoms with van der Waals surface area (Å²) in [5.41, 5.74) is 3.86. The zero-order chi connectivity index (χ0) is 21.3. The second-order valence-electron chi connectivity index (χ2n) is 8.55. The average molecular weight is 442 g/mol. The van der Waals surface area contributed by atoms with E-state index in [0.29, 0.717) is 30.8 Å². The number of likely N-dealkylation sites (tertiary alicyclic amines) is 1. The summed E-state index contributed by atoms with van der Waals surface area (Å²) >= 11 is 0. The van der Waals surface area contributed by atoms with E-state index in [9.17, 15) is 4.21 Å². The van der Waals surface area contributed by atoms with E-state index in [1.54, 1.807) is 7.05 Å². The Morgan fingerprint density at radius 2 is 1.74 bits per heavy atom. The Labute approximate surface area is 185 Å². The summed E-state index contributed by atoms with van der Waals surface area (Å²) in [5.74, 6) is 3.06. The molecule has 1 atom stereocenters. The number of hydrogen-bond acceptors (Lipinski definition) is 6. The molecule has 166 valence electrons. The van der Waals surface area contributed by atoms with Crippen molar-refractivity contribution in [2.75, 3.05) is 56.3 Å². The predicted molar refractivity (Wildman–Crippen MR) is 125 cm³/mol. The smallest absolute Gasteiger partial charge is 0.161 e. The largest absolute Gasteiger partial charge is 0.486 e. The van der Waals surface area contributed by atoms with Gasteiger partial charge in [0.2, 0.25) is 0 Å². The fraction of sp³-hybridized carbons (Fsp3) is 0.500. The third-order valence-corrected chi connectivity index (χ3v) is 9.00. The molecule has 2 fully saturated rings. The van der Waals surface area contributed by atoms with Crippen LogP contribution in [-0.4, -0.2) is 60.5 Å². The molecule has 0 N–H and O–H groups in total. The van der Waals surface area contributed by atoms with Crippen LogP contribution in [0.1, 0.15) is 30.0 Å². The van der Waals surface area contributed by atoms with Crippen LogP contribution in [0.5, 0.6) is 11.5 Å². The zero-order valence-corrected chi connectivity index (χ0v) is 19.0. The molecule has 5 rings (SSSR count). The number of rotatable bonds is 4. The van der Waals surface area contributed by atoms with Gasteiger partial charge < -0.3 is 14.4 Å². The molecule has 3 heterocycles. The van der Waals surface area contributed by atoms with Crippen molar-refractivity contribution < 1.29 is 13.7 Å². The van der Waals surface area contributed by atoms with Crippen molar-refractivity contribution in [1.29, 1.82) is 0 Å². The molecule has 31 heavy (non-hydrogen) atoms. The number of anilines is 1. The first-order valence-corrected chi connectivity index (χ1v) is 13.1. The van der Waals surface area contributed by atoms with Crippen LogP contribution in [0.4, 0.5) is 5.69 Å². The summed E-state index contributed by atoms with van der Waals surface area (Å²) in [6.07, 6.45) is 2.39. The first-order chi connectivity index (χ1) is 15.1. The van der Waals surface area contributed by atoms with E-state index in [0.717, 1.165) is 37.7 Å². The second-order valence-corrected chi connectivity index (χ2v) is 11.3. The Morgan fingerprint density at radius 1 is 1.00 bits per heavy atom. The summed E-state index contributed by atoms with van der Waals surface area (Å²) in [5, 5.41) is 0. The van der Waals surface area contributed by atoms with Crippen molar-refractivity contribution in [3.63, 3.8) is 0 Å². The molecule has 7 heteroatoms. The van der Waals surface area contributed by atoms with Gasteiger partial charge in [-0.3, -0.25) is 4.90 Å². The highest BCUT2D eigenvalue weighted by atomic mass is 32.2. The van der Waals surface area contributed by atoms with Crippen molar-refractivity contribution in [2.45, 2.75) is 25.4 Å². The van der Waals surface area contributed by atoms with Crippen LogP contribution >= 0.6 is 0 Å². The average Bonchev–Trinajstić information content (AvgIpc) is 3.28. The number of hydrogen-bond donors (Lipinski definition) is 0. The normalized spacial score (nSPS) is 23.0. The van der Waals surface area contributed by atoms with E-state index in [2.05, 4.69) is 56.6 Å². The van der Waals surface area contributed by atoms with Crippen LogP contribution in [-0.2, 0) is 16.3 Å². The van der Waals surface area contributed by atoms with Crippen molar-refractivity contribution in [3.05, 3.63) is 53.6 Å². The topological polar surface area (TPSA) is 54.4 Å². The summed E-state index contributed by atoms with van der Waals surface area (Å²) < 4.78 is 28.0. The lowest BCUT2D eigenvalue weighted by atomic mass is 10.0. The predicted octanol–water partition coefficient (Wildman–Crippen LogP) is 3.71. The van der Waals surface area contributed by atoms with Crippen LogP contribution in [0.15, 0.2) is 46.8 Å². The Hall–Kier alpha value is -2.25. The summed E-state index contributed by atoms with van der Waals surface area (Å²) in [7, 11) is -0.288. The highest BCUT2D eigenvalue weighted by Crippen LogP contribution is 2.38. The molecule has 0 amide bonds. The van der Waals surface area contributed by atoms with Gasteiger partial charge in [0.05, 0.1) is 0 Å². The molecule has 2 aromatic carbocycles. The lowest BCUT2D eigenvalue weighted by molar-refractivity contribution is 0.170. The molecule has 3 aliphatic rings. The third kappa shape index (κ3) is 4.39. The third-order valence-electron chi connectivity index (χ3n) is 6.69. The van der Waals surface area contributed by atoms with Crippen molar-refractivity contribution >= 4 is 15.4 Å². The molecule has 0 aromatic heterocycles. The highest BCUT2D eigenvalue weighted by Gasteiger charge is 2.27. The number of nitrogens with zero attached hydrogens (tertiary/aromatic N) is 3. The SMILES string of the molecule is CN=S1(=O)CCN(c2ccc(CN3CCC[C@@H]3c3ccc4c(c3)OCCO4)cc2)CC1. The minimum atomic E-state index is -1.97. The van der Waals surface area contributed by atoms with Gasteiger partial charge in [-0.25, -0.2) is 8.57 Å². The van der Waals surface area contributed by atoms with Crippen molar-refractivity contribution in [1.82, 2.24) is 4.90 Å². The van der Waals surface area contributed by atoms with Gasteiger partial charge >= 0.3 is 0 Å². The van der Waals surface area contributed by atoms with E-state index in [-0.39, 0.29) is 0 Å². The lowest BCUT2D eigenvalue weighted by Gasteiger charge is -2.31. The molecule has 3 aliphatic heterocycles. The highest BCUT2D eigenvalue weighted by molar-refractivity contribution is 7.93. The quantitative estimate of drug-likeness (QED) is 0.724. The van der Waals surface area contributed by atoms with Crippen LogP contribution in [0.3, 0.4) is 0 Å². The molecule has 2 saturated heterocycles. The number of ether oxygens (including phenoxy) is 2. The monoisotopic (exact) mass is 441 g/mol. The van der Waals surface area contributed by atoms with E-state index in [1.807, 2.05) is 0 Å². The minimum absolute atomic E-state index is 0.420. The number of fused-ring (bicyclic) bond motifs is 1. The van der Waals surface area contributed by atoms with E-state index >= 15 is 0 Å². The summed E-state index contributed by atoms with van der Waals surface area (Å²) in [4.78, 5) is 4.89. The van der Waals surface area contributed by atoms with Gasteiger partial charge in [0.1, 0.15) is 13.2 Å². The first kappa shape index (κ1) is 20.6. The fourth-order valence-corrected chi connectivity index (χ4v) is 6.45. The molecular weight excluding hydrogens is 410 g/mol. The molecule has 6 nitrogen and oxygen atoms in total. The number of benzene rings is 2. The van der Waals surface area contributed by atoms with Gasteiger partial charge in [-0.1, -0.05) is 18.2 Å². The molecule has 2 aromatic rings. The lowest BCUT2D eigenvalue weighted by Crippen LogP contribution is -2.40. The maximum Gasteiger partial charge on any atom is 0.161 e. The minimum Gasteiger partial charge on any atom is -0.486 e. The van der Waals surface area contributed by atoms with Crippen LogP contribution in [0.2, 0.25) is 0 Å². The molecule has 0 aliphatic carbocycles. The zero-order valence-electron chi connectivity index (χ0n) is 18.2. The first-order valence-electron chi connectivity index (χ1n) is 11.2. The maximum absolute atomic E-state index is 12.4. The van der Waals surface area contributed by atoms with Gasteiger partial charge in [0, 0.05) is 59.6 Å². The second kappa shape index (κ2) is 8.71. The molecule has 0 unspecified atom stereocenters. The van der Waals surface area contributed by atoms with E-state index < -0.39 is 9.73 Å². The Bertz CT molecular complexity index is 1030. The van der Waals surface area contributed by atoms with E-state index in [1.165, 1.54) is 29.7 Å². The maximum atomic E-state index is 12.4. The van der Waals surface area contributed by atoms with Gasteiger partial charge in [-0.15, -0.1) is 0 Å². The molecule has 0 bridgehead atoms. The van der Waals surface area contributed by atoms with Gasteiger partial charge in [-0.2, -0.15) is 0 Å². The van der Waals surface area contributed by atoms with Gasteiger partial charge in [0.15, 0.2) is 11.5 Å². The fourth-order valence-electron chi connectivity index (χ4n) is 4.87. The standard InChI is InChI=1S/C24H31N3O3S/c1-25-31(28)15-11-26(12-16-31)21-7-4-19(5-8-21)18-27-10-2-3-22(27)20-6-9-23-24(17-20)30-14-13-29-23/h4-9,17,22H,2-3,10-16,18H2,1H3/t22-/m1/s1. The van der Waals surface area contributed by atoms with Crippen LogP contribution < -0.4 is 14.4 Å². The summed E-state index contributed by atoms with van der Waals surface area (Å²) in [6, 6.07) is 15.7. The molecule has 0 saturated carbocycles. The van der Waals surface area contributed by atoms with Crippen LogP contribution in [0, 0.1) is 0 Å². The molecule has 0 radical (unpaired) electrons. The van der Waals surface area contributed by atoms with Gasteiger partial charge in [0.25, 0.3) is 0 Å². The van der Waals surface area contributed by atoms with E-state index in [4.69, 9.17) is 9.47 Å². The van der Waals surface area contributed by atoms with Crippen molar-refractivity contribution in [3.8, 4) is 11.5 Å². The summed E-state index contributed by atoms with van der Waals surface area (Å²) in [6.45, 7) is 4.94. The van der Waals surface area contributed by atoms with Crippen molar-refractivity contribution in [2.24, 2.45) is 4.36 Å². The Balaban J connectivity index is 1.25. The molecule has 0 spiro atoms. The van der Waals surface area contributed by atoms with Gasteiger partial charge in [-0.05, 0) is 54.8 Å². The Morgan fingerprint density at radius 3 is 2.48 bits per heavy atom. The van der Waals surface area contributed by atoms with Crippen LogP contribution in [0.25, 0.3) is 0 Å². The Kier molecular flexibility index (Phi) is 5.80.